The molecule has 1 saturated heterocycles. The van der Waals surface area contributed by atoms with E-state index in [2.05, 4.69) is 13.8 Å². The number of hydrogen-bond donors (Lipinski definition) is 1. The van der Waals surface area contributed by atoms with Gasteiger partial charge in [0.25, 0.3) is 0 Å². The second-order valence-corrected chi connectivity index (χ2v) is 6.17. The number of amides is 1. The topological polar surface area (TPSA) is 46.3 Å². The molecule has 1 saturated carbocycles. The van der Waals surface area contributed by atoms with Gasteiger partial charge in [0.05, 0.1) is 0 Å². The summed E-state index contributed by atoms with van der Waals surface area (Å²) in [4.78, 5) is 14.3. The van der Waals surface area contributed by atoms with Crippen LogP contribution < -0.4 is 5.73 Å². The van der Waals surface area contributed by atoms with Gasteiger partial charge in [0, 0.05) is 13.1 Å². The number of hydrogen-bond acceptors (Lipinski definition) is 2. The van der Waals surface area contributed by atoms with Crippen molar-refractivity contribution in [2.45, 2.75) is 19.9 Å². The maximum atomic E-state index is 12.3. The van der Waals surface area contributed by atoms with Gasteiger partial charge in [-0.25, -0.2) is 0 Å². The number of rotatable bonds is 2. The van der Waals surface area contributed by atoms with Gasteiger partial charge in [-0.1, -0.05) is 44.2 Å². The Balaban J connectivity index is 1.67. The lowest BCUT2D eigenvalue weighted by Gasteiger charge is -2.25. The third-order valence-corrected chi connectivity index (χ3v) is 4.86. The predicted octanol–water partition coefficient (Wildman–Crippen LogP) is 1.80. The molecule has 1 aromatic rings. The summed E-state index contributed by atoms with van der Waals surface area (Å²) in [6.07, 6.45) is 0. The zero-order chi connectivity index (χ0) is 12.9. The molecule has 3 heteroatoms. The molecule has 0 radical (unpaired) electrons. The summed E-state index contributed by atoms with van der Waals surface area (Å²) < 4.78 is 0. The lowest BCUT2D eigenvalue weighted by molar-refractivity contribution is -0.132. The minimum absolute atomic E-state index is 0.0733. The lowest BCUT2D eigenvalue weighted by atomic mass is 10.0. The van der Waals surface area contributed by atoms with Crippen molar-refractivity contribution >= 4 is 5.91 Å². The van der Waals surface area contributed by atoms with Crippen molar-refractivity contribution in [2.24, 2.45) is 23.0 Å². The summed E-state index contributed by atoms with van der Waals surface area (Å²) in [7, 11) is 0. The zero-order valence-electron chi connectivity index (χ0n) is 11.0. The lowest BCUT2D eigenvalue weighted by Crippen LogP contribution is -2.39. The summed E-state index contributed by atoms with van der Waals surface area (Å²) in [6.45, 7) is 6.36. The second kappa shape index (κ2) is 3.82. The smallest absolute Gasteiger partial charge is 0.244 e. The van der Waals surface area contributed by atoms with Crippen LogP contribution in [-0.4, -0.2) is 23.9 Å². The fourth-order valence-electron chi connectivity index (χ4n) is 3.31. The van der Waals surface area contributed by atoms with E-state index >= 15 is 0 Å². The molecule has 1 amide bonds. The number of fused-ring (bicyclic) bond motifs is 1. The van der Waals surface area contributed by atoms with Crippen LogP contribution in [0.1, 0.15) is 25.5 Å². The van der Waals surface area contributed by atoms with Crippen molar-refractivity contribution in [1.82, 2.24) is 4.90 Å². The van der Waals surface area contributed by atoms with Crippen LogP contribution >= 0.6 is 0 Å². The van der Waals surface area contributed by atoms with Gasteiger partial charge in [0.1, 0.15) is 6.04 Å². The summed E-state index contributed by atoms with van der Waals surface area (Å²) in [5.41, 5.74) is 7.40. The highest BCUT2D eigenvalue weighted by atomic mass is 16.2. The van der Waals surface area contributed by atoms with Crippen LogP contribution in [0.15, 0.2) is 30.3 Å². The minimum Gasteiger partial charge on any atom is -0.340 e. The number of carbonyl (C=O) groups is 1. The Morgan fingerprint density at radius 2 is 1.83 bits per heavy atom. The third kappa shape index (κ3) is 1.65. The molecule has 1 aliphatic heterocycles. The van der Waals surface area contributed by atoms with Gasteiger partial charge in [-0.3, -0.25) is 4.79 Å². The van der Waals surface area contributed by atoms with Crippen molar-refractivity contribution in [2.75, 3.05) is 13.1 Å². The summed E-state index contributed by atoms with van der Waals surface area (Å²) in [5.74, 6) is 1.44. The van der Waals surface area contributed by atoms with E-state index < -0.39 is 6.04 Å². The molecular formula is C15H20N2O. The largest absolute Gasteiger partial charge is 0.340 e. The predicted molar refractivity (Wildman–Crippen MR) is 70.7 cm³/mol. The van der Waals surface area contributed by atoms with E-state index in [-0.39, 0.29) is 5.91 Å². The van der Waals surface area contributed by atoms with Crippen molar-refractivity contribution in [3.63, 3.8) is 0 Å². The number of likely N-dealkylation sites (tertiary alicyclic amines) is 1. The van der Waals surface area contributed by atoms with Gasteiger partial charge in [-0.2, -0.15) is 0 Å². The highest BCUT2D eigenvalue weighted by Gasteiger charge is 2.62. The molecule has 1 aliphatic carbocycles. The summed E-state index contributed by atoms with van der Waals surface area (Å²) in [5, 5.41) is 0. The van der Waals surface area contributed by atoms with E-state index in [1.54, 1.807) is 0 Å². The summed E-state index contributed by atoms with van der Waals surface area (Å²) >= 11 is 0. The molecule has 3 atom stereocenters. The molecule has 1 heterocycles. The Bertz CT molecular complexity index is 455. The fraction of sp³-hybridized carbons (Fsp3) is 0.533. The van der Waals surface area contributed by atoms with Crippen LogP contribution in [0.4, 0.5) is 0 Å². The Morgan fingerprint density at radius 3 is 2.39 bits per heavy atom. The van der Waals surface area contributed by atoms with Gasteiger partial charge >= 0.3 is 0 Å². The average molecular weight is 244 g/mol. The monoisotopic (exact) mass is 244 g/mol. The van der Waals surface area contributed by atoms with Gasteiger partial charge in [0.2, 0.25) is 5.91 Å². The number of piperidine rings is 1. The van der Waals surface area contributed by atoms with Crippen molar-refractivity contribution in [1.29, 1.82) is 0 Å². The molecule has 18 heavy (non-hydrogen) atoms. The molecule has 3 nitrogen and oxygen atoms in total. The van der Waals surface area contributed by atoms with Crippen molar-refractivity contribution in [3.8, 4) is 0 Å². The molecule has 3 rings (SSSR count). The van der Waals surface area contributed by atoms with E-state index in [1.807, 2.05) is 35.2 Å². The Kier molecular flexibility index (Phi) is 2.49. The normalized spacial score (nSPS) is 29.8. The highest BCUT2D eigenvalue weighted by Crippen LogP contribution is 2.62. The van der Waals surface area contributed by atoms with E-state index in [9.17, 15) is 4.79 Å². The standard InChI is InChI=1S/C15H20N2O/c1-15(2)11-8-17(9-12(11)15)14(18)13(16)10-6-4-3-5-7-10/h3-7,11-13H,8-9,16H2,1-2H3. The van der Waals surface area contributed by atoms with E-state index in [0.29, 0.717) is 17.3 Å². The van der Waals surface area contributed by atoms with Gasteiger partial charge in [0.15, 0.2) is 0 Å². The molecule has 0 spiro atoms. The molecule has 3 unspecified atom stereocenters. The molecular weight excluding hydrogens is 224 g/mol. The SMILES string of the molecule is CC1(C)C2CN(C(=O)C(N)c3ccccc3)CC21. The highest BCUT2D eigenvalue weighted by molar-refractivity contribution is 5.83. The quantitative estimate of drug-likeness (QED) is 0.862. The number of nitrogens with two attached hydrogens (primary N) is 1. The summed E-state index contributed by atoms with van der Waals surface area (Å²) in [6, 6.07) is 9.12. The first-order valence-electron chi connectivity index (χ1n) is 6.61. The Labute approximate surface area is 108 Å². The van der Waals surface area contributed by atoms with Crippen molar-refractivity contribution < 1.29 is 4.79 Å². The number of nitrogens with zero attached hydrogens (tertiary/aromatic N) is 1. The molecule has 1 aromatic carbocycles. The van der Waals surface area contributed by atoms with Crippen LogP contribution in [0, 0.1) is 17.3 Å². The van der Waals surface area contributed by atoms with Crippen LogP contribution in [-0.2, 0) is 4.79 Å². The van der Waals surface area contributed by atoms with Crippen LogP contribution in [0.2, 0.25) is 0 Å². The molecule has 2 N–H and O–H groups in total. The van der Waals surface area contributed by atoms with Gasteiger partial charge < -0.3 is 10.6 Å². The van der Waals surface area contributed by atoms with Crippen LogP contribution in [0.5, 0.6) is 0 Å². The van der Waals surface area contributed by atoms with E-state index in [0.717, 1.165) is 18.7 Å². The first-order chi connectivity index (χ1) is 8.51. The Morgan fingerprint density at radius 1 is 1.28 bits per heavy atom. The molecule has 2 aliphatic rings. The minimum atomic E-state index is -0.508. The second-order valence-electron chi connectivity index (χ2n) is 6.17. The Hall–Kier alpha value is -1.35. The number of benzene rings is 1. The molecule has 0 bridgehead atoms. The van der Waals surface area contributed by atoms with Crippen molar-refractivity contribution in [3.05, 3.63) is 35.9 Å². The number of carbonyl (C=O) groups excluding carboxylic acids is 1. The zero-order valence-corrected chi connectivity index (χ0v) is 11.0. The average Bonchev–Trinajstić information content (AvgIpc) is 2.78. The van der Waals surface area contributed by atoms with Crippen LogP contribution in [0.3, 0.4) is 0 Å². The molecule has 2 fully saturated rings. The van der Waals surface area contributed by atoms with Gasteiger partial charge in [-0.05, 0) is 22.8 Å². The van der Waals surface area contributed by atoms with E-state index in [4.69, 9.17) is 5.73 Å². The maximum Gasteiger partial charge on any atom is 0.244 e. The van der Waals surface area contributed by atoms with Crippen LogP contribution in [0.25, 0.3) is 0 Å². The maximum absolute atomic E-state index is 12.3. The first-order valence-corrected chi connectivity index (χ1v) is 6.61. The first kappa shape index (κ1) is 11.7. The fourth-order valence-corrected chi connectivity index (χ4v) is 3.31. The molecule has 96 valence electrons. The van der Waals surface area contributed by atoms with E-state index in [1.165, 1.54) is 0 Å². The third-order valence-electron chi connectivity index (χ3n) is 4.86. The molecule has 0 aromatic heterocycles. The van der Waals surface area contributed by atoms with Gasteiger partial charge in [-0.15, -0.1) is 0 Å².